The topological polar surface area (TPSA) is 75.7 Å². The lowest BCUT2D eigenvalue weighted by Gasteiger charge is -2.24. The summed E-state index contributed by atoms with van der Waals surface area (Å²) >= 11 is 1.54. The summed E-state index contributed by atoms with van der Waals surface area (Å²) in [5, 5.41) is 0.965. The van der Waals surface area contributed by atoms with Gasteiger partial charge in [-0.3, -0.25) is 14.4 Å². The summed E-state index contributed by atoms with van der Waals surface area (Å²) in [6.45, 7) is 0. The first-order valence-corrected chi connectivity index (χ1v) is 12.5. The molecule has 0 spiro atoms. The number of nitrogens with zero attached hydrogens (tertiary/aromatic N) is 1. The van der Waals surface area contributed by atoms with E-state index in [1.807, 2.05) is 66.7 Å². The van der Waals surface area contributed by atoms with Gasteiger partial charge >= 0.3 is 0 Å². The van der Waals surface area contributed by atoms with Crippen molar-refractivity contribution in [1.29, 1.82) is 0 Å². The number of rotatable bonds is 7. The van der Waals surface area contributed by atoms with E-state index in [0.717, 1.165) is 28.0 Å². The van der Waals surface area contributed by atoms with E-state index >= 15 is 0 Å². The minimum Gasteiger partial charge on any atom is -0.497 e. The molecule has 0 radical (unpaired) electrons. The highest BCUT2D eigenvalue weighted by molar-refractivity contribution is 8.00. The molecular weight excluding hydrogens is 444 g/mol. The summed E-state index contributed by atoms with van der Waals surface area (Å²) in [4.78, 5) is 14.3. The van der Waals surface area contributed by atoms with Gasteiger partial charge in [-0.25, -0.2) is 8.42 Å². The van der Waals surface area contributed by atoms with Crippen molar-refractivity contribution in [3.05, 3.63) is 95.4 Å². The van der Waals surface area contributed by atoms with Crippen LogP contribution in [0.2, 0.25) is 0 Å². The van der Waals surface area contributed by atoms with Crippen molar-refractivity contribution >= 4 is 45.1 Å². The molecule has 1 N–H and O–H groups in total. The van der Waals surface area contributed by atoms with Crippen LogP contribution in [0.5, 0.6) is 5.75 Å². The first-order chi connectivity index (χ1) is 15.4. The second-order valence-corrected chi connectivity index (χ2v) is 9.74. The zero-order valence-corrected chi connectivity index (χ0v) is 19.0. The molecule has 1 unspecified atom stereocenters. The molecule has 1 aliphatic heterocycles. The highest BCUT2D eigenvalue weighted by atomic mass is 32.2. The number of hydrogen-bond acceptors (Lipinski definition) is 5. The van der Waals surface area contributed by atoms with Crippen LogP contribution in [0.15, 0.2) is 84.3 Å². The van der Waals surface area contributed by atoms with E-state index < -0.39 is 10.0 Å². The minimum absolute atomic E-state index is 0.0287. The van der Waals surface area contributed by atoms with Gasteiger partial charge in [0.1, 0.15) is 11.1 Å². The molecule has 4 rings (SSSR count). The van der Waals surface area contributed by atoms with Crippen molar-refractivity contribution in [2.75, 3.05) is 22.5 Å². The van der Waals surface area contributed by atoms with Crippen molar-refractivity contribution in [3.63, 3.8) is 0 Å². The van der Waals surface area contributed by atoms with Gasteiger partial charge in [0.05, 0.1) is 18.3 Å². The summed E-state index contributed by atoms with van der Waals surface area (Å²) in [7, 11) is -2.05. The number of thioether (sulfide) groups is 1. The number of carbonyl (C=O) groups is 1. The molecule has 1 saturated heterocycles. The molecule has 0 aliphatic carbocycles. The van der Waals surface area contributed by atoms with Crippen LogP contribution >= 0.6 is 11.8 Å². The van der Waals surface area contributed by atoms with E-state index in [1.165, 1.54) is 11.8 Å². The molecule has 1 amide bonds. The van der Waals surface area contributed by atoms with Crippen LogP contribution in [0.25, 0.3) is 6.08 Å². The number of benzene rings is 3. The molecule has 0 aromatic heterocycles. The van der Waals surface area contributed by atoms with Gasteiger partial charge in [-0.1, -0.05) is 42.5 Å². The lowest BCUT2D eigenvalue weighted by atomic mass is 10.1. The Balaban J connectivity index is 1.48. The molecule has 0 bridgehead atoms. The number of hydrogen-bond donors (Lipinski definition) is 1. The van der Waals surface area contributed by atoms with E-state index in [-0.39, 0.29) is 11.3 Å². The van der Waals surface area contributed by atoms with Gasteiger partial charge in [0, 0.05) is 11.4 Å². The number of sulfonamides is 1. The second-order valence-electron chi connectivity index (χ2n) is 7.11. The van der Waals surface area contributed by atoms with Crippen LogP contribution in [-0.4, -0.2) is 27.2 Å². The molecule has 32 heavy (non-hydrogen) atoms. The van der Waals surface area contributed by atoms with Gasteiger partial charge in [0.15, 0.2) is 0 Å². The molecule has 1 atom stereocenters. The summed E-state index contributed by atoms with van der Waals surface area (Å²) in [5.41, 5.74) is 2.97. The van der Waals surface area contributed by atoms with Gasteiger partial charge in [0.25, 0.3) is 10.0 Å². The molecule has 1 fully saturated rings. The third-order valence-corrected chi connectivity index (χ3v) is 7.14. The van der Waals surface area contributed by atoms with Crippen molar-refractivity contribution < 1.29 is 17.9 Å². The second kappa shape index (κ2) is 9.50. The summed E-state index contributed by atoms with van der Waals surface area (Å²) in [5.74, 6) is 1.14. The van der Waals surface area contributed by atoms with Crippen LogP contribution in [0.4, 0.5) is 11.4 Å². The lowest BCUT2D eigenvalue weighted by Crippen LogP contribution is -2.27. The fraction of sp³-hybridized carbons (Fsp3) is 0.125. The molecule has 8 heteroatoms. The summed E-state index contributed by atoms with van der Waals surface area (Å²) in [6.07, 6.45) is 1.55. The number of amides is 1. The van der Waals surface area contributed by atoms with Crippen molar-refractivity contribution in [2.24, 2.45) is 0 Å². The zero-order chi connectivity index (χ0) is 22.6. The predicted molar refractivity (Wildman–Crippen MR) is 130 cm³/mol. The predicted octanol–water partition coefficient (Wildman–Crippen LogP) is 4.89. The average molecular weight is 467 g/mol. The molecule has 6 nitrogen and oxygen atoms in total. The third kappa shape index (κ3) is 5.15. The van der Waals surface area contributed by atoms with Gasteiger partial charge in [-0.15, -0.1) is 11.8 Å². The fourth-order valence-corrected chi connectivity index (χ4v) is 5.39. The largest absolute Gasteiger partial charge is 0.497 e. The zero-order valence-electron chi connectivity index (χ0n) is 17.3. The number of carbonyl (C=O) groups excluding carboxylic acids is 1. The van der Waals surface area contributed by atoms with Crippen molar-refractivity contribution in [2.45, 2.75) is 5.37 Å². The Morgan fingerprint density at radius 2 is 1.69 bits per heavy atom. The third-order valence-electron chi connectivity index (χ3n) is 4.91. The molecule has 0 saturated carbocycles. The highest BCUT2D eigenvalue weighted by Crippen LogP contribution is 2.42. The van der Waals surface area contributed by atoms with E-state index in [2.05, 4.69) is 4.72 Å². The Bertz CT molecular complexity index is 1210. The van der Waals surface area contributed by atoms with E-state index in [0.29, 0.717) is 11.4 Å². The van der Waals surface area contributed by atoms with Gasteiger partial charge in [-0.05, 0) is 53.6 Å². The average Bonchev–Trinajstić information content (AvgIpc) is 3.20. The quantitative estimate of drug-likeness (QED) is 0.537. The number of ether oxygens (including phenoxy) is 1. The standard InChI is InChI=1S/C24H22N2O4S2/c1-30-22-13-11-21(12-14-22)26-23(27)17-31-24(26)19-7-9-20(10-8-19)25-32(28,29)16-15-18-5-3-2-4-6-18/h2-16,24-25H,17H2,1H3/b16-15+. The normalized spacial score (nSPS) is 16.5. The first kappa shape index (κ1) is 22.0. The Kier molecular flexibility index (Phi) is 6.53. The van der Waals surface area contributed by atoms with Gasteiger partial charge in [-0.2, -0.15) is 0 Å². The fourth-order valence-electron chi connectivity index (χ4n) is 3.34. The Labute approximate surface area is 192 Å². The molecule has 1 aliphatic rings. The Morgan fingerprint density at radius 1 is 1.00 bits per heavy atom. The van der Waals surface area contributed by atoms with Crippen LogP contribution in [-0.2, 0) is 14.8 Å². The van der Waals surface area contributed by atoms with E-state index in [9.17, 15) is 13.2 Å². The van der Waals surface area contributed by atoms with Crippen molar-refractivity contribution in [3.8, 4) is 5.75 Å². The smallest absolute Gasteiger partial charge is 0.255 e. The summed E-state index contributed by atoms with van der Waals surface area (Å²) < 4.78 is 32.5. The molecule has 1 heterocycles. The molecule has 164 valence electrons. The van der Waals surface area contributed by atoms with Crippen LogP contribution in [0.1, 0.15) is 16.5 Å². The van der Waals surface area contributed by atoms with E-state index in [4.69, 9.17) is 4.74 Å². The van der Waals surface area contributed by atoms with Gasteiger partial charge < -0.3 is 4.74 Å². The monoisotopic (exact) mass is 466 g/mol. The van der Waals surface area contributed by atoms with Crippen LogP contribution in [0, 0.1) is 0 Å². The molecule has 3 aromatic rings. The van der Waals surface area contributed by atoms with Crippen molar-refractivity contribution in [1.82, 2.24) is 0 Å². The number of anilines is 2. The molecular formula is C24H22N2O4S2. The Morgan fingerprint density at radius 3 is 2.34 bits per heavy atom. The van der Waals surface area contributed by atoms with Gasteiger partial charge in [0.2, 0.25) is 5.91 Å². The molecule has 3 aromatic carbocycles. The Hall–Kier alpha value is -3.23. The van der Waals surface area contributed by atoms with Crippen LogP contribution in [0.3, 0.4) is 0 Å². The number of methoxy groups -OCH3 is 1. The van der Waals surface area contributed by atoms with Crippen LogP contribution < -0.4 is 14.4 Å². The van der Waals surface area contributed by atoms with E-state index in [1.54, 1.807) is 30.2 Å². The first-order valence-electron chi connectivity index (χ1n) is 9.89. The minimum atomic E-state index is -3.65. The summed E-state index contributed by atoms with van der Waals surface area (Å²) in [6, 6.07) is 23.7. The lowest BCUT2D eigenvalue weighted by molar-refractivity contribution is -0.115. The maximum atomic E-state index is 12.5. The highest BCUT2D eigenvalue weighted by Gasteiger charge is 2.34. The SMILES string of the molecule is COc1ccc(N2C(=O)CSC2c2ccc(NS(=O)(=O)/C=C/c3ccccc3)cc2)cc1. The number of nitrogens with one attached hydrogen (secondary N) is 1. The maximum absolute atomic E-state index is 12.5. The maximum Gasteiger partial charge on any atom is 0.255 e.